The molecule has 3 saturated heterocycles. The summed E-state index contributed by atoms with van der Waals surface area (Å²) in [5.74, 6) is 1.19. The van der Waals surface area contributed by atoms with E-state index in [0.29, 0.717) is 10.9 Å². The number of fused-ring (bicyclic) bond motifs is 6. The maximum absolute atomic E-state index is 6.18. The summed E-state index contributed by atoms with van der Waals surface area (Å²) in [5, 5.41) is 0.994. The van der Waals surface area contributed by atoms with Crippen molar-refractivity contribution in [3.8, 4) is 0 Å². The highest BCUT2D eigenvalue weighted by atomic mass is 32.2. The molecule has 3 aliphatic heterocycles. The lowest BCUT2D eigenvalue weighted by Gasteiger charge is -2.39. The lowest BCUT2D eigenvalue weighted by atomic mass is 10.3. The second-order valence-corrected chi connectivity index (χ2v) is 10.3. The molecular formula is C11H24NO3SSi+. The Bertz CT molecular complexity index is 243. The molecule has 3 fully saturated rings. The van der Waals surface area contributed by atoms with Gasteiger partial charge in [-0.1, -0.05) is 0 Å². The van der Waals surface area contributed by atoms with Gasteiger partial charge in [0.1, 0.15) is 5.75 Å². The molecule has 0 radical (unpaired) electrons. The smallest absolute Gasteiger partial charge is 0.369 e. The Hall–Kier alpha value is 0.407. The van der Waals surface area contributed by atoms with Crippen LogP contribution in [0.15, 0.2) is 0 Å². The van der Waals surface area contributed by atoms with Gasteiger partial charge in [-0.2, -0.15) is 0 Å². The minimum Gasteiger partial charge on any atom is -0.369 e. The molecule has 6 heteroatoms. The van der Waals surface area contributed by atoms with E-state index in [4.69, 9.17) is 13.3 Å². The summed E-state index contributed by atoms with van der Waals surface area (Å²) in [6.45, 7) is 8.96. The van der Waals surface area contributed by atoms with Crippen molar-refractivity contribution in [2.45, 2.75) is 20.0 Å². The van der Waals surface area contributed by atoms with E-state index in [0.717, 1.165) is 38.2 Å². The van der Waals surface area contributed by atoms with Gasteiger partial charge in [0.25, 0.3) is 0 Å². The van der Waals surface area contributed by atoms with Crippen LogP contribution in [-0.2, 0) is 24.2 Å². The zero-order chi connectivity index (χ0) is 12.3. The SMILES string of the molecule is CC[S+](C)C[Si]12OCCN(CCO1)CC(C)O2. The van der Waals surface area contributed by atoms with Crippen molar-refractivity contribution in [3.05, 3.63) is 0 Å². The number of hydrogen-bond donors (Lipinski definition) is 0. The Balaban J connectivity index is 2.09. The van der Waals surface area contributed by atoms with E-state index in [-0.39, 0.29) is 6.10 Å². The van der Waals surface area contributed by atoms with E-state index in [2.05, 4.69) is 25.0 Å². The predicted octanol–water partition coefficient (Wildman–Crippen LogP) is 0.500. The Morgan fingerprint density at radius 2 is 1.94 bits per heavy atom. The van der Waals surface area contributed by atoms with Crippen LogP contribution < -0.4 is 0 Å². The van der Waals surface area contributed by atoms with Gasteiger partial charge in [0.2, 0.25) is 0 Å². The minimum absolute atomic E-state index is 0.233. The van der Waals surface area contributed by atoms with Crippen LogP contribution in [0.4, 0.5) is 0 Å². The average molecular weight is 278 g/mol. The summed E-state index contributed by atoms with van der Waals surface area (Å²) < 4.78 is 18.3. The van der Waals surface area contributed by atoms with Crippen LogP contribution in [0, 0.1) is 0 Å². The molecule has 2 atom stereocenters. The zero-order valence-electron chi connectivity index (χ0n) is 11.1. The quantitative estimate of drug-likeness (QED) is 0.556. The van der Waals surface area contributed by atoms with Crippen molar-refractivity contribution in [1.29, 1.82) is 0 Å². The third-order valence-corrected chi connectivity index (χ3v) is 9.69. The molecule has 0 N–H and O–H groups in total. The molecule has 0 aromatic rings. The summed E-state index contributed by atoms with van der Waals surface area (Å²) in [7, 11) is -2.04. The van der Waals surface area contributed by atoms with Crippen LogP contribution in [0.5, 0.6) is 0 Å². The standard InChI is InChI=1S/C11H24NO3SSi/c1-4-16(3)10-17-13-7-5-12(6-8-14-17)9-11(2)15-17/h11H,4-10H2,1-3H3/q+1. The third-order valence-electron chi connectivity index (χ3n) is 3.27. The maximum Gasteiger partial charge on any atom is 0.553 e. The van der Waals surface area contributed by atoms with Crippen molar-refractivity contribution < 1.29 is 13.3 Å². The highest BCUT2D eigenvalue weighted by molar-refractivity contribution is 7.97. The number of rotatable bonds is 3. The molecule has 100 valence electrons. The first-order chi connectivity index (χ1) is 8.13. The van der Waals surface area contributed by atoms with Gasteiger partial charge >= 0.3 is 8.80 Å². The number of nitrogens with zero attached hydrogens (tertiary/aromatic N) is 1. The Labute approximate surface area is 108 Å². The fraction of sp³-hybridized carbons (Fsp3) is 1.00. The van der Waals surface area contributed by atoms with Gasteiger partial charge < -0.3 is 13.3 Å². The zero-order valence-corrected chi connectivity index (χ0v) is 12.9. The predicted molar refractivity (Wildman–Crippen MR) is 73.3 cm³/mol. The highest BCUT2D eigenvalue weighted by Gasteiger charge is 2.50. The minimum atomic E-state index is -2.39. The Kier molecular flexibility index (Phi) is 4.91. The topological polar surface area (TPSA) is 30.9 Å². The van der Waals surface area contributed by atoms with Gasteiger partial charge in [0.15, 0.2) is 5.38 Å². The number of hydrogen-bond acceptors (Lipinski definition) is 4. The highest BCUT2D eigenvalue weighted by Crippen LogP contribution is 2.21. The first-order valence-corrected chi connectivity index (χ1v) is 10.3. The Morgan fingerprint density at radius 1 is 1.29 bits per heavy atom. The molecule has 3 aliphatic rings. The van der Waals surface area contributed by atoms with Gasteiger partial charge in [-0.15, -0.1) is 0 Å². The van der Waals surface area contributed by atoms with Crippen molar-refractivity contribution in [3.63, 3.8) is 0 Å². The molecule has 0 saturated carbocycles. The van der Waals surface area contributed by atoms with E-state index in [1.54, 1.807) is 0 Å². The van der Waals surface area contributed by atoms with Crippen LogP contribution in [0.25, 0.3) is 0 Å². The molecular weight excluding hydrogens is 254 g/mol. The van der Waals surface area contributed by atoms with Gasteiger partial charge in [0.05, 0.1) is 25.6 Å². The molecule has 3 rings (SSSR count). The third kappa shape index (κ3) is 3.68. The van der Waals surface area contributed by atoms with E-state index in [9.17, 15) is 0 Å². The lowest BCUT2D eigenvalue weighted by Crippen LogP contribution is -2.60. The molecule has 17 heavy (non-hydrogen) atoms. The molecule has 0 amide bonds. The second-order valence-electron chi connectivity index (χ2n) is 4.82. The fourth-order valence-electron chi connectivity index (χ4n) is 2.29. The van der Waals surface area contributed by atoms with E-state index in [1.165, 1.54) is 5.75 Å². The summed E-state index contributed by atoms with van der Waals surface area (Å²) >= 11 is 0. The van der Waals surface area contributed by atoms with Crippen LogP contribution in [0.3, 0.4) is 0 Å². The first kappa shape index (κ1) is 13.8. The van der Waals surface area contributed by atoms with Crippen LogP contribution in [0.1, 0.15) is 13.8 Å². The molecule has 0 aliphatic carbocycles. The van der Waals surface area contributed by atoms with Crippen molar-refractivity contribution in [2.75, 3.05) is 50.2 Å². The van der Waals surface area contributed by atoms with Gasteiger partial charge in [0, 0.05) is 19.6 Å². The van der Waals surface area contributed by atoms with Gasteiger partial charge in [-0.3, -0.25) is 4.90 Å². The van der Waals surface area contributed by atoms with E-state index >= 15 is 0 Å². The van der Waals surface area contributed by atoms with E-state index in [1.807, 2.05) is 0 Å². The fourth-order valence-corrected chi connectivity index (χ4v) is 8.17. The van der Waals surface area contributed by atoms with Crippen LogP contribution in [-0.4, -0.2) is 70.0 Å². The summed E-state index contributed by atoms with van der Waals surface area (Å²) in [4.78, 5) is 2.37. The molecule has 2 bridgehead atoms. The van der Waals surface area contributed by atoms with Crippen LogP contribution in [0.2, 0.25) is 0 Å². The van der Waals surface area contributed by atoms with Crippen molar-refractivity contribution in [1.82, 2.24) is 4.90 Å². The Morgan fingerprint density at radius 3 is 2.53 bits per heavy atom. The van der Waals surface area contributed by atoms with Crippen molar-refractivity contribution in [2.24, 2.45) is 0 Å². The lowest BCUT2D eigenvalue weighted by molar-refractivity contribution is -0.0321. The molecule has 0 spiro atoms. The molecule has 0 aromatic carbocycles. The van der Waals surface area contributed by atoms with Gasteiger partial charge in [-0.25, -0.2) is 0 Å². The molecule has 3 heterocycles. The van der Waals surface area contributed by atoms with Gasteiger partial charge in [-0.05, 0) is 24.7 Å². The van der Waals surface area contributed by atoms with Crippen molar-refractivity contribution >= 4 is 19.7 Å². The summed E-state index contributed by atoms with van der Waals surface area (Å²) in [6.07, 6.45) is 2.52. The summed E-state index contributed by atoms with van der Waals surface area (Å²) in [5.41, 5.74) is 0. The second kappa shape index (κ2) is 6.03. The normalized spacial score (nSPS) is 40.4. The first-order valence-electron chi connectivity index (χ1n) is 6.41. The van der Waals surface area contributed by atoms with E-state index < -0.39 is 8.80 Å². The maximum atomic E-state index is 6.18. The summed E-state index contributed by atoms with van der Waals surface area (Å²) in [6, 6.07) is 0. The molecule has 4 nitrogen and oxygen atoms in total. The average Bonchev–Trinajstić information content (AvgIpc) is 2.22. The molecule has 2 unspecified atom stereocenters. The largest absolute Gasteiger partial charge is 0.553 e. The van der Waals surface area contributed by atoms with Crippen LogP contribution >= 0.6 is 0 Å². The monoisotopic (exact) mass is 278 g/mol. The molecule has 0 aromatic heterocycles.